The van der Waals surface area contributed by atoms with Gasteiger partial charge in [0.05, 0.1) is 11.4 Å². The predicted molar refractivity (Wildman–Crippen MR) is 166 cm³/mol. The van der Waals surface area contributed by atoms with Crippen molar-refractivity contribution in [2.45, 2.75) is 102 Å². The molecule has 244 valence electrons. The number of carbonyl (C=O) groups excluding carboxylic acids is 3. The SMILES string of the molecule is CCCCC/C=C\C1C[C@]1(NC(=O)[C@@H]1CCCN1C(=O)CNC(=O)NC(CN1Cc2sccc2S1(=O)=O)C(C)(C)C)C(=O)O. The molecule has 3 aliphatic rings. The van der Waals surface area contributed by atoms with Crippen LogP contribution in [-0.2, 0) is 31.0 Å². The van der Waals surface area contributed by atoms with Crippen LogP contribution < -0.4 is 16.0 Å². The molecule has 2 fully saturated rings. The largest absolute Gasteiger partial charge is 0.479 e. The van der Waals surface area contributed by atoms with Crippen LogP contribution >= 0.6 is 11.3 Å². The molecule has 3 heterocycles. The molecule has 1 saturated carbocycles. The van der Waals surface area contributed by atoms with Gasteiger partial charge in [-0.1, -0.05) is 52.7 Å². The summed E-state index contributed by atoms with van der Waals surface area (Å²) in [5.74, 6) is -2.34. The molecule has 0 aromatic carbocycles. The minimum Gasteiger partial charge on any atom is -0.479 e. The Labute approximate surface area is 263 Å². The Bertz CT molecular complexity index is 1390. The summed E-state index contributed by atoms with van der Waals surface area (Å²) in [5, 5.41) is 19.7. The number of aliphatic carboxylic acids is 1. The molecule has 2 aliphatic heterocycles. The van der Waals surface area contributed by atoms with E-state index in [2.05, 4.69) is 22.9 Å². The number of carbonyl (C=O) groups is 4. The van der Waals surface area contributed by atoms with Gasteiger partial charge in [-0.25, -0.2) is 18.0 Å². The Balaban J connectivity index is 1.30. The number of likely N-dealkylation sites (tertiary alicyclic amines) is 1. The number of urea groups is 1. The van der Waals surface area contributed by atoms with Crippen molar-refractivity contribution < 1.29 is 32.7 Å². The van der Waals surface area contributed by atoms with Crippen LogP contribution in [0.3, 0.4) is 0 Å². The van der Waals surface area contributed by atoms with E-state index in [1.807, 2.05) is 32.9 Å². The first-order chi connectivity index (χ1) is 20.7. The highest BCUT2D eigenvalue weighted by molar-refractivity contribution is 7.89. The monoisotopic (exact) mass is 651 g/mol. The maximum atomic E-state index is 13.2. The molecule has 1 aromatic rings. The molecule has 1 aliphatic carbocycles. The second-order valence-corrected chi connectivity index (χ2v) is 15.9. The lowest BCUT2D eigenvalue weighted by atomic mass is 9.86. The normalized spacial score (nSPS) is 25.0. The van der Waals surface area contributed by atoms with E-state index >= 15 is 0 Å². The Morgan fingerprint density at radius 2 is 1.98 bits per heavy atom. The Morgan fingerprint density at radius 3 is 2.64 bits per heavy atom. The Kier molecular flexibility index (Phi) is 10.5. The van der Waals surface area contributed by atoms with Crippen molar-refractivity contribution in [3.8, 4) is 0 Å². The van der Waals surface area contributed by atoms with Gasteiger partial charge in [0.2, 0.25) is 21.8 Å². The quantitative estimate of drug-likeness (QED) is 0.188. The van der Waals surface area contributed by atoms with Gasteiger partial charge in [-0.15, -0.1) is 11.3 Å². The van der Waals surface area contributed by atoms with Crippen molar-refractivity contribution >= 4 is 45.2 Å². The minimum absolute atomic E-state index is 0.0726. The number of hydrogen-bond donors (Lipinski definition) is 4. The molecule has 1 aromatic heterocycles. The number of allylic oxidation sites excluding steroid dienone is 1. The van der Waals surface area contributed by atoms with Gasteiger partial charge in [0.15, 0.2) is 0 Å². The van der Waals surface area contributed by atoms with E-state index in [-0.39, 0.29) is 25.6 Å². The summed E-state index contributed by atoms with van der Waals surface area (Å²) in [6.45, 7) is 8.08. The molecule has 0 bridgehead atoms. The van der Waals surface area contributed by atoms with Gasteiger partial charge < -0.3 is 26.0 Å². The summed E-state index contributed by atoms with van der Waals surface area (Å²) < 4.78 is 27.3. The number of rotatable bonds is 13. The molecule has 44 heavy (non-hydrogen) atoms. The molecular weight excluding hydrogens is 606 g/mol. The lowest BCUT2D eigenvalue weighted by Crippen LogP contribution is -2.56. The predicted octanol–water partition coefficient (Wildman–Crippen LogP) is 3.05. The number of sulfonamides is 1. The molecule has 14 heteroatoms. The first-order valence-electron chi connectivity index (χ1n) is 15.3. The van der Waals surface area contributed by atoms with Crippen molar-refractivity contribution in [2.24, 2.45) is 11.3 Å². The highest BCUT2D eigenvalue weighted by atomic mass is 32.2. The van der Waals surface area contributed by atoms with Crippen LogP contribution in [0.5, 0.6) is 0 Å². The number of nitrogens with zero attached hydrogens (tertiary/aromatic N) is 2. The van der Waals surface area contributed by atoms with Gasteiger partial charge in [0.1, 0.15) is 11.6 Å². The summed E-state index contributed by atoms with van der Waals surface area (Å²) in [7, 11) is -3.64. The van der Waals surface area contributed by atoms with Gasteiger partial charge in [0.25, 0.3) is 0 Å². The standard InChI is InChI=1S/C30H45N5O7S2/c1-5-6-7-8-9-11-20-16-30(20,27(38)39)33-26(37)21-12-10-14-35(21)25(36)17-31-28(40)32-24(29(2,3)4)19-34-18-22-23(13-15-43-22)44(34,41)42/h9,11,13,15,20-21,24H,5-8,10,12,14,16-19H2,1-4H3,(H,33,37)(H,38,39)(H2,31,32,40)/b11-9-/t20?,21-,24?,30+/m0/s1. The smallest absolute Gasteiger partial charge is 0.330 e. The third-order valence-corrected chi connectivity index (χ3v) is 11.7. The molecule has 2 unspecified atom stereocenters. The molecule has 0 radical (unpaired) electrons. The van der Waals surface area contributed by atoms with Crippen LogP contribution in [0.25, 0.3) is 0 Å². The first-order valence-corrected chi connectivity index (χ1v) is 17.6. The average Bonchev–Trinajstić information content (AvgIpc) is 3.29. The Morgan fingerprint density at radius 1 is 1.23 bits per heavy atom. The molecular formula is C30H45N5O7S2. The zero-order chi connectivity index (χ0) is 32.3. The number of hydrogen-bond acceptors (Lipinski definition) is 7. The maximum absolute atomic E-state index is 13.2. The van der Waals surface area contributed by atoms with Crippen LogP contribution in [0.1, 0.15) is 77.5 Å². The van der Waals surface area contributed by atoms with E-state index in [1.54, 1.807) is 11.4 Å². The van der Waals surface area contributed by atoms with Crippen molar-refractivity contribution in [2.75, 3.05) is 19.6 Å². The molecule has 12 nitrogen and oxygen atoms in total. The summed E-state index contributed by atoms with van der Waals surface area (Å²) in [5.41, 5.74) is -1.85. The topological polar surface area (TPSA) is 165 Å². The number of carboxylic acids is 1. The second-order valence-electron chi connectivity index (χ2n) is 13.0. The number of fused-ring (bicyclic) bond motifs is 1. The Hall–Kier alpha value is -2.97. The third kappa shape index (κ3) is 7.45. The van der Waals surface area contributed by atoms with Gasteiger partial charge in [-0.05, 0) is 49.0 Å². The number of thiophene rings is 1. The van der Waals surface area contributed by atoms with Crippen molar-refractivity contribution in [3.63, 3.8) is 0 Å². The zero-order valence-corrected chi connectivity index (χ0v) is 27.6. The number of unbranched alkanes of at least 4 members (excludes halogenated alkanes) is 3. The minimum atomic E-state index is -3.64. The molecule has 0 spiro atoms. The average molecular weight is 652 g/mol. The number of carboxylic acid groups (broad SMARTS) is 1. The third-order valence-electron chi connectivity index (χ3n) is 8.74. The highest BCUT2D eigenvalue weighted by Crippen LogP contribution is 2.45. The molecule has 4 rings (SSSR count). The fourth-order valence-corrected chi connectivity index (χ4v) is 8.73. The number of amides is 4. The summed E-state index contributed by atoms with van der Waals surface area (Å²) in [6, 6.07) is -0.398. The van der Waals surface area contributed by atoms with Crippen LogP contribution in [0, 0.1) is 11.3 Å². The fraction of sp³-hybridized carbons (Fsp3) is 0.667. The lowest BCUT2D eigenvalue weighted by molar-refractivity contribution is -0.145. The zero-order valence-electron chi connectivity index (χ0n) is 25.9. The van der Waals surface area contributed by atoms with E-state index in [4.69, 9.17) is 0 Å². The molecule has 4 atom stereocenters. The number of nitrogens with one attached hydrogen (secondary N) is 3. The summed E-state index contributed by atoms with van der Waals surface area (Å²) >= 11 is 1.38. The van der Waals surface area contributed by atoms with E-state index in [9.17, 15) is 32.7 Å². The van der Waals surface area contributed by atoms with Gasteiger partial charge in [0, 0.05) is 36.5 Å². The lowest BCUT2D eigenvalue weighted by Gasteiger charge is -2.34. The fourth-order valence-electron chi connectivity index (χ4n) is 5.80. The van der Waals surface area contributed by atoms with Crippen LogP contribution in [0.4, 0.5) is 4.79 Å². The van der Waals surface area contributed by atoms with E-state index < -0.39 is 56.9 Å². The van der Waals surface area contributed by atoms with Crippen LogP contribution in [0.2, 0.25) is 0 Å². The van der Waals surface area contributed by atoms with Crippen LogP contribution in [0.15, 0.2) is 28.5 Å². The second kappa shape index (κ2) is 13.6. The first kappa shape index (κ1) is 33.9. The van der Waals surface area contributed by atoms with Crippen LogP contribution in [-0.4, -0.2) is 83.8 Å². The van der Waals surface area contributed by atoms with Crippen molar-refractivity contribution in [1.82, 2.24) is 25.2 Å². The van der Waals surface area contributed by atoms with E-state index in [0.717, 1.165) is 30.6 Å². The van der Waals surface area contributed by atoms with Gasteiger partial charge >= 0.3 is 12.0 Å². The highest BCUT2D eigenvalue weighted by Gasteiger charge is 2.61. The molecule has 1 saturated heterocycles. The van der Waals surface area contributed by atoms with Crippen molar-refractivity contribution in [3.05, 3.63) is 28.5 Å². The van der Waals surface area contributed by atoms with Gasteiger partial charge in [-0.3, -0.25) is 9.59 Å². The summed E-state index contributed by atoms with van der Waals surface area (Å²) in [4.78, 5) is 53.8. The summed E-state index contributed by atoms with van der Waals surface area (Å²) in [6.07, 6.45) is 9.24. The van der Waals surface area contributed by atoms with Gasteiger partial charge in [-0.2, -0.15) is 4.31 Å². The van der Waals surface area contributed by atoms with Crippen molar-refractivity contribution in [1.29, 1.82) is 0 Å². The molecule has 4 N–H and O–H groups in total. The van der Waals surface area contributed by atoms with E-state index in [0.29, 0.717) is 30.7 Å². The maximum Gasteiger partial charge on any atom is 0.330 e. The molecule has 4 amide bonds. The van der Waals surface area contributed by atoms with E-state index in [1.165, 1.54) is 20.5 Å².